The zero-order valence-electron chi connectivity index (χ0n) is 11.3. The number of anilines is 1. The van der Waals surface area contributed by atoms with Gasteiger partial charge in [-0.25, -0.2) is 14.4 Å². The summed E-state index contributed by atoms with van der Waals surface area (Å²) >= 11 is 0. The number of carbonyl (C=O) groups excluding carboxylic acids is 1. The highest BCUT2D eigenvalue weighted by molar-refractivity contribution is 5.95. The van der Waals surface area contributed by atoms with E-state index in [0.717, 1.165) is 0 Å². The number of aromatic amines is 1. The number of nitrogens with one attached hydrogen (secondary N) is 3. The lowest BCUT2D eigenvalue weighted by atomic mass is 10.2. The summed E-state index contributed by atoms with van der Waals surface area (Å²) in [5.74, 6) is -0.475. The van der Waals surface area contributed by atoms with Gasteiger partial charge in [0.2, 0.25) is 0 Å². The highest BCUT2D eigenvalue weighted by Crippen LogP contribution is 2.16. The second-order valence-electron chi connectivity index (χ2n) is 4.22. The monoisotopic (exact) mass is 277 g/mol. The van der Waals surface area contributed by atoms with Gasteiger partial charge in [-0.05, 0) is 19.9 Å². The van der Waals surface area contributed by atoms with Crippen molar-refractivity contribution in [2.24, 2.45) is 0 Å². The van der Waals surface area contributed by atoms with Gasteiger partial charge in [-0.15, -0.1) is 0 Å². The van der Waals surface area contributed by atoms with Gasteiger partial charge in [-0.2, -0.15) is 0 Å². The summed E-state index contributed by atoms with van der Waals surface area (Å²) in [6, 6.07) is 1.01. The summed E-state index contributed by atoms with van der Waals surface area (Å²) in [5, 5.41) is 5.45. The number of H-pyrrole nitrogens is 1. The Kier molecular flexibility index (Phi) is 4.29. The van der Waals surface area contributed by atoms with Crippen LogP contribution in [-0.4, -0.2) is 27.4 Å². The van der Waals surface area contributed by atoms with Crippen molar-refractivity contribution in [3.05, 3.63) is 41.9 Å². The first kappa shape index (κ1) is 14.0. The topological polar surface area (TPSA) is 82.7 Å². The maximum Gasteiger partial charge on any atom is 0.255 e. The van der Waals surface area contributed by atoms with Crippen molar-refractivity contribution in [3.8, 4) is 0 Å². The second kappa shape index (κ2) is 6.14. The molecule has 0 saturated carbocycles. The molecule has 0 aliphatic heterocycles. The molecule has 0 aromatic carbocycles. The lowest BCUT2D eigenvalue weighted by molar-refractivity contribution is 0.0934. The molecule has 2 aromatic heterocycles. The molecule has 2 rings (SSSR count). The zero-order chi connectivity index (χ0) is 14.5. The molecule has 0 spiro atoms. The molecule has 6 nitrogen and oxygen atoms in total. The van der Waals surface area contributed by atoms with Crippen LogP contribution in [0.4, 0.5) is 10.2 Å². The molecule has 106 valence electrons. The van der Waals surface area contributed by atoms with Gasteiger partial charge in [0, 0.05) is 25.1 Å². The number of aromatic nitrogens is 3. The Bertz CT molecular complexity index is 584. The standard InChI is InChI=1S/C13H16FN5O/c1-3-15-12-10(14)9(4-5-16-12)13(20)19-8(2)11-17-6-7-18-11/h4-8H,3H2,1-2H3,(H,15,16)(H,17,18)(H,19,20). The Hall–Kier alpha value is -2.44. The quantitative estimate of drug-likeness (QED) is 0.779. The molecule has 2 aromatic rings. The smallest absolute Gasteiger partial charge is 0.255 e. The van der Waals surface area contributed by atoms with E-state index in [4.69, 9.17) is 0 Å². The average Bonchev–Trinajstić information content (AvgIpc) is 2.95. The molecule has 0 bridgehead atoms. The van der Waals surface area contributed by atoms with E-state index in [2.05, 4.69) is 25.6 Å². The Balaban J connectivity index is 2.15. The third kappa shape index (κ3) is 2.93. The molecule has 0 fully saturated rings. The number of amides is 1. The van der Waals surface area contributed by atoms with Gasteiger partial charge in [-0.3, -0.25) is 4.79 Å². The number of nitrogens with zero attached hydrogens (tertiary/aromatic N) is 2. The fraction of sp³-hybridized carbons (Fsp3) is 0.308. The summed E-state index contributed by atoms with van der Waals surface area (Å²) in [5.41, 5.74) is -0.0469. The summed E-state index contributed by atoms with van der Waals surface area (Å²) in [4.78, 5) is 22.9. The summed E-state index contributed by atoms with van der Waals surface area (Å²) in [7, 11) is 0. The predicted molar refractivity (Wildman–Crippen MR) is 72.8 cm³/mol. The first-order valence-electron chi connectivity index (χ1n) is 6.32. The zero-order valence-corrected chi connectivity index (χ0v) is 11.3. The van der Waals surface area contributed by atoms with Gasteiger partial charge in [0.05, 0.1) is 11.6 Å². The van der Waals surface area contributed by atoms with Crippen LogP contribution >= 0.6 is 0 Å². The van der Waals surface area contributed by atoms with Crippen LogP contribution in [0.2, 0.25) is 0 Å². The minimum absolute atomic E-state index is 0.0469. The van der Waals surface area contributed by atoms with E-state index in [1.54, 1.807) is 19.3 Å². The number of pyridine rings is 1. The summed E-state index contributed by atoms with van der Waals surface area (Å²) in [6.45, 7) is 4.12. The van der Waals surface area contributed by atoms with Crippen molar-refractivity contribution in [1.29, 1.82) is 0 Å². The van der Waals surface area contributed by atoms with Crippen molar-refractivity contribution in [1.82, 2.24) is 20.3 Å². The number of hydrogen-bond acceptors (Lipinski definition) is 4. The molecular formula is C13H16FN5O. The van der Waals surface area contributed by atoms with Gasteiger partial charge >= 0.3 is 0 Å². The Labute approximate surface area is 115 Å². The molecule has 20 heavy (non-hydrogen) atoms. The van der Waals surface area contributed by atoms with E-state index in [0.29, 0.717) is 12.4 Å². The third-order valence-electron chi connectivity index (χ3n) is 2.76. The minimum atomic E-state index is -0.654. The van der Waals surface area contributed by atoms with Crippen molar-refractivity contribution < 1.29 is 9.18 Å². The SMILES string of the molecule is CCNc1nccc(C(=O)NC(C)c2ncc[nH]2)c1F. The molecular weight excluding hydrogens is 261 g/mol. The summed E-state index contributed by atoms with van der Waals surface area (Å²) in [6.07, 6.45) is 4.65. The molecule has 3 N–H and O–H groups in total. The maximum atomic E-state index is 14.1. The van der Waals surface area contributed by atoms with E-state index in [9.17, 15) is 9.18 Å². The highest BCUT2D eigenvalue weighted by Gasteiger charge is 2.18. The molecule has 1 atom stereocenters. The molecule has 1 amide bonds. The molecule has 2 heterocycles. The van der Waals surface area contributed by atoms with Crippen LogP contribution in [0.3, 0.4) is 0 Å². The van der Waals surface area contributed by atoms with Crippen LogP contribution in [0.25, 0.3) is 0 Å². The molecule has 0 saturated heterocycles. The highest BCUT2D eigenvalue weighted by atomic mass is 19.1. The van der Waals surface area contributed by atoms with Gasteiger partial charge in [0.15, 0.2) is 11.6 Å². The number of imidazole rings is 1. The average molecular weight is 277 g/mol. The molecule has 1 unspecified atom stereocenters. The van der Waals surface area contributed by atoms with Crippen LogP contribution in [0, 0.1) is 5.82 Å². The number of halogens is 1. The summed E-state index contributed by atoms with van der Waals surface area (Å²) < 4.78 is 14.1. The minimum Gasteiger partial charge on any atom is -0.368 e. The van der Waals surface area contributed by atoms with Gasteiger partial charge in [-0.1, -0.05) is 0 Å². The first-order valence-corrected chi connectivity index (χ1v) is 6.32. The van der Waals surface area contributed by atoms with Crippen molar-refractivity contribution in [3.63, 3.8) is 0 Å². The fourth-order valence-corrected chi connectivity index (χ4v) is 1.77. The van der Waals surface area contributed by atoms with E-state index >= 15 is 0 Å². The van der Waals surface area contributed by atoms with E-state index < -0.39 is 11.7 Å². The number of hydrogen-bond donors (Lipinski definition) is 3. The third-order valence-corrected chi connectivity index (χ3v) is 2.76. The fourth-order valence-electron chi connectivity index (χ4n) is 1.77. The Morgan fingerprint density at radius 2 is 2.25 bits per heavy atom. The molecule has 0 radical (unpaired) electrons. The lowest BCUT2D eigenvalue weighted by Crippen LogP contribution is -2.28. The first-order chi connectivity index (χ1) is 9.63. The van der Waals surface area contributed by atoms with Crippen molar-refractivity contribution in [2.45, 2.75) is 19.9 Å². The van der Waals surface area contributed by atoms with E-state index in [1.807, 2.05) is 6.92 Å². The van der Waals surface area contributed by atoms with Gasteiger partial charge in [0.25, 0.3) is 5.91 Å². The van der Waals surface area contributed by atoms with Crippen LogP contribution in [0.1, 0.15) is 36.1 Å². The maximum absolute atomic E-state index is 14.1. The van der Waals surface area contributed by atoms with Crippen LogP contribution in [0.5, 0.6) is 0 Å². The lowest BCUT2D eigenvalue weighted by Gasteiger charge is -2.13. The van der Waals surface area contributed by atoms with Crippen LogP contribution in [-0.2, 0) is 0 Å². The van der Waals surface area contributed by atoms with Gasteiger partial charge in [0.1, 0.15) is 5.82 Å². The second-order valence-corrected chi connectivity index (χ2v) is 4.22. The number of rotatable bonds is 5. The molecule has 0 aliphatic carbocycles. The van der Waals surface area contributed by atoms with Crippen LogP contribution < -0.4 is 10.6 Å². The molecule has 7 heteroatoms. The Morgan fingerprint density at radius 1 is 1.45 bits per heavy atom. The van der Waals surface area contributed by atoms with Crippen LogP contribution in [0.15, 0.2) is 24.7 Å². The largest absolute Gasteiger partial charge is 0.368 e. The number of carbonyl (C=O) groups is 1. The van der Waals surface area contributed by atoms with E-state index in [1.165, 1.54) is 12.3 Å². The Morgan fingerprint density at radius 3 is 2.90 bits per heavy atom. The van der Waals surface area contributed by atoms with Crippen molar-refractivity contribution >= 4 is 11.7 Å². The predicted octanol–water partition coefficient (Wildman–Crippen LogP) is 1.87. The van der Waals surface area contributed by atoms with Crippen molar-refractivity contribution in [2.75, 3.05) is 11.9 Å². The van der Waals surface area contributed by atoms with E-state index in [-0.39, 0.29) is 17.4 Å². The molecule has 0 aliphatic rings. The van der Waals surface area contributed by atoms with Gasteiger partial charge < -0.3 is 15.6 Å². The normalized spacial score (nSPS) is 11.9.